The minimum Gasteiger partial charge on any atom is -0.330 e. The Morgan fingerprint density at radius 3 is 2.71 bits per heavy atom. The van der Waals surface area contributed by atoms with Crippen molar-refractivity contribution in [1.82, 2.24) is 4.98 Å². The highest BCUT2D eigenvalue weighted by Crippen LogP contribution is 2.23. The van der Waals surface area contributed by atoms with E-state index < -0.39 is 0 Å². The summed E-state index contributed by atoms with van der Waals surface area (Å²) in [4.78, 5) is 4.26. The standard InChI is InChI=1S/C14H17FN2/c1-9-6-10(2)17-14-12(9)7-11(4-3-5-16)8-13(14)15/h6-8H,3-5,16H2,1-2H3. The van der Waals surface area contributed by atoms with Crippen LogP contribution in [-0.2, 0) is 6.42 Å². The number of hydrogen-bond acceptors (Lipinski definition) is 2. The Hall–Kier alpha value is -1.48. The largest absolute Gasteiger partial charge is 0.330 e. The molecule has 0 atom stereocenters. The van der Waals surface area contributed by atoms with Crippen LogP contribution >= 0.6 is 0 Å². The Bertz CT molecular complexity index is 549. The van der Waals surface area contributed by atoms with Gasteiger partial charge in [0.25, 0.3) is 0 Å². The van der Waals surface area contributed by atoms with Gasteiger partial charge in [0.05, 0.1) is 0 Å². The van der Waals surface area contributed by atoms with Gasteiger partial charge in [-0.3, -0.25) is 4.98 Å². The van der Waals surface area contributed by atoms with Gasteiger partial charge in [0, 0.05) is 11.1 Å². The summed E-state index contributed by atoms with van der Waals surface area (Å²) in [6.07, 6.45) is 1.69. The summed E-state index contributed by atoms with van der Waals surface area (Å²) < 4.78 is 13.9. The Morgan fingerprint density at radius 2 is 2.00 bits per heavy atom. The second-order valence-corrected chi connectivity index (χ2v) is 4.45. The molecule has 0 aliphatic carbocycles. The molecule has 0 aliphatic rings. The van der Waals surface area contributed by atoms with Crippen molar-refractivity contribution >= 4 is 10.9 Å². The predicted octanol–water partition coefficient (Wildman–Crippen LogP) is 2.88. The van der Waals surface area contributed by atoms with Crippen LogP contribution in [-0.4, -0.2) is 11.5 Å². The maximum atomic E-state index is 13.9. The molecule has 0 spiro atoms. The molecule has 0 bridgehead atoms. The van der Waals surface area contributed by atoms with E-state index in [2.05, 4.69) is 4.98 Å². The van der Waals surface area contributed by atoms with E-state index >= 15 is 0 Å². The minimum absolute atomic E-state index is 0.235. The summed E-state index contributed by atoms with van der Waals surface area (Å²) in [5.74, 6) is -0.235. The van der Waals surface area contributed by atoms with Crippen molar-refractivity contribution in [2.75, 3.05) is 6.54 Å². The van der Waals surface area contributed by atoms with Crippen LogP contribution in [0.1, 0.15) is 23.2 Å². The molecule has 90 valence electrons. The predicted molar refractivity (Wildman–Crippen MR) is 68.6 cm³/mol. The van der Waals surface area contributed by atoms with Crippen molar-refractivity contribution in [2.24, 2.45) is 5.73 Å². The van der Waals surface area contributed by atoms with Gasteiger partial charge in [-0.2, -0.15) is 0 Å². The van der Waals surface area contributed by atoms with Gasteiger partial charge in [-0.15, -0.1) is 0 Å². The van der Waals surface area contributed by atoms with E-state index in [-0.39, 0.29) is 5.82 Å². The molecule has 0 amide bonds. The van der Waals surface area contributed by atoms with Crippen LogP contribution in [0, 0.1) is 19.7 Å². The highest BCUT2D eigenvalue weighted by molar-refractivity contribution is 5.83. The highest BCUT2D eigenvalue weighted by atomic mass is 19.1. The lowest BCUT2D eigenvalue weighted by Gasteiger charge is -2.08. The number of nitrogens with two attached hydrogens (primary N) is 1. The number of aryl methyl sites for hydroxylation is 3. The first-order valence-corrected chi connectivity index (χ1v) is 5.88. The van der Waals surface area contributed by atoms with Gasteiger partial charge >= 0.3 is 0 Å². The van der Waals surface area contributed by atoms with E-state index in [9.17, 15) is 4.39 Å². The lowest BCUT2D eigenvalue weighted by atomic mass is 10.0. The maximum Gasteiger partial charge on any atom is 0.149 e. The van der Waals surface area contributed by atoms with Crippen molar-refractivity contribution in [2.45, 2.75) is 26.7 Å². The fourth-order valence-corrected chi connectivity index (χ4v) is 2.12. The highest BCUT2D eigenvalue weighted by Gasteiger charge is 2.08. The average Bonchev–Trinajstić information content (AvgIpc) is 2.28. The molecule has 1 aromatic carbocycles. The van der Waals surface area contributed by atoms with Crippen LogP contribution in [0.15, 0.2) is 18.2 Å². The lowest BCUT2D eigenvalue weighted by Crippen LogP contribution is -2.01. The monoisotopic (exact) mass is 232 g/mol. The normalized spacial score (nSPS) is 11.1. The Kier molecular flexibility index (Phi) is 3.38. The lowest BCUT2D eigenvalue weighted by molar-refractivity contribution is 0.633. The first-order chi connectivity index (χ1) is 8.11. The summed E-state index contributed by atoms with van der Waals surface area (Å²) in [5.41, 5.74) is 8.86. The molecule has 2 aromatic rings. The van der Waals surface area contributed by atoms with Crippen molar-refractivity contribution in [3.05, 3.63) is 40.8 Å². The molecule has 0 radical (unpaired) electrons. The van der Waals surface area contributed by atoms with Crippen LogP contribution < -0.4 is 5.73 Å². The molecule has 3 heteroatoms. The maximum absolute atomic E-state index is 13.9. The van der Waals surface area contributed by atoms with Crippen LogP contribution in [0.5, 0.6) is 0 Å². The molecular formula is C14H17FN2. The first-order valence-electron chi connectivity index (χ1n) is 5.88. The minimum atomic E-state index is -0.235. The average molecular weight is 232 g/mol. The Labute approximate surface area is 101 Å². The summed E-state index contributed by atoms with van der Waals surface area (Å²) in [6.45, 7) is 4.50. The summed E-state index contributed by atoms with van der Waals surface area (Å²) in [5, 5.41) is 0.905. The summed E-state index contributed by atoms with van der Waals surface area (Å²) >= 11 is 0. The molecule has 0 unspecified atom stereocenters. The molecule has 1 aromatic heterocycles. The van der Waals surface area contributed by atoms with Crippen molar-refractivity contribution in [1.29, 1.82) is 0 Å². The number of nitrogens with zero attached hydrogens (tertiary/aromatic N) is 1. The van der Waals surface area contributed by atoms with Gasteiger partial charge in [-0.25, -0.2) is 4.39 Å². The topological polar surface area (TPSA) is 38.9 Å². The molecule has 17 heavy (non-hydrogen) atoms. The smallest absolute Gasteiger partial charge is 0.149 e. The SMILES string of the molecule is Cc1cc(C)c2cc(CCCN)cc(F)c2n1. The molecule has 2 rings (SSSR count). The third-order valence-electron chi connectivity index (χ3n) is 2.93. The van der Waals surface area contributed by atoms with E-state index in [1.165, 1.54) is 0 Å². The summed E-state index contributed by atoms with van der Waals surface area (Å²) in [7, 11) is 0. The molecule has 0 saturated carbocycles. The van der Waals surface area contributed by atoms with Gasteiger partial charge in [0.1, 0.15) is 11.3 Å². The molecular weight excluding hydrogens is 215 g/mol. The van der Waals surface area contributed by atoms with E-state index in [0.717, 1.165) is 35.0 Å². The number of aromatic nitrogens is 1. The number of hydrogen-bond donors (Lipinski definition) is 1. The van der Waals surface area contributed by atoms with Crippen LogP contribution in [0.2, 0.25) is 0 Å². The quantitative estimate of drug-likeness (QED) is 0.883. The van der Waals surface area contributed by atoms with E-state index in [1.807, 2.05) is 26.0 Å². The fourth-order valence-electron chi connectivity index (χ4n) is 2.12. The van der Waals surface area contributed by atoms with Gasteiger partial charge < -0.3 is 5.73 Å². The number of benzene rings is 1. The number of pyridine rings is 1. The fraction of sp³-hybridized carbons (Fsp3) is 0.357. The molecule has 0 saturated heterocycles. The van der Waals surface area contributed by atoms with E-state index in [4.69, 9.17) is 5.73 Å². The van der Waals surface area contributed by atoms with Gasteiger partial charge in [0.2, 0.25) is 0 Å². The Balaban J connectivity index is 2.56. The second-order valence-electron chi connectivity index (χ2n) is 4.45. The van der Waals surface area contributed by atoms with E-state index in [1.54, 1.807) is 6.07 Å². The van der Waals surface area contributed by atoms with Crippen molar-refractivity contribution < 1.29 is 4.39 Å². The zero-order chi connectivity index (χ0) is 12.4. The van der Waals surface area contributed by atoms with Gasteiger partial charge in [0.15, 0.2) is 0 Å². The summed E-state index contributed by atoms with van der Waals surface area (Å²) in [6, 6.07) is 5.58. The molecule has 0 fully saturated rings. The zero-order valence-corrected chi connectivity index (χ0v) is 10.3. The number of halogens is 1. The van der Waals surface area contributed by atoms with E-state index in [0.29, 0.717) is 12.1 Å². The number of fused-ring (bicyclic) bond motifs is 1. The Morgan fingerprint density at radius 1 is 1.24 bits per heavy atom. The van der Waals surface area contributed by atoms with Crippen LogP contribution in [0.25, 0.3) is 10.9 Å². The molecule has 2 nitrogen and oxygen atoms in total. The van der Waals surface area contributed by atoms with Crippen LogP contribution in [0.3, 0.4) is 0 Å². The van der Waals surface area contributed by atoms with Gasteiger partial charge in [-0.05, 0) is 62.6 Å². The molecule has 2 N–H and O–H groups in total. The number of rotatable bonds is 3. The third-order valence-corrected chi connectivity index (χ3v) is 2.93. The van der Waals surface area contributed by atoms with Crippen molar-refractivity contribution in [3.8, 4) is 0 Å². The third kappa shape index (κ3) is 2.44. The van der Waals surface area contributed by atoms with Crippen LogP contribution in [0.4, 0.5) is 4.39 Å². The first kappa shape index (κ1) is 12.0. The molecule has 0 aliphatic heterocycles. The second kappa shape index (κ2) is 4.80. The molecule has 1 heterocycles. The van der Waals surface area contributed by atoms with Gasteiger partial charge in [-0.1, -0.05) is 0 Å². The van der Waals surface area contributed by atoms with Crippen molar-refractivity contribution in [3.63, 3.8) is 0 Å². The zero-order valence-electron chi connectivity index (χ0n) is 10.3.